The van der Waals surface area contributed by atoms with Crippen molar-refractivity contribution >= 4 is 11.6 Å². The molecule has 2 aliphatic heterocycles. The van der Waals surface area contributed by atoms with Gasteiger partial charge in [-0.2, -0.15) is 0 Å². The van der Waals surface area contributed by atoms with Gasteiger partial charge >= 0.3 is 0 Å². The molecular formula is C17H25N3O2. The minimum atomic E-state index is -0.322. The standard InChI is InChI=1S/C17H25N3O2/c1-12-10-13-4-2-3-5-15(13)20(12)9-8-19-17(21)16-7-6-14(11-18)22-16/h2-5,12,14,16H,6-11,18H2,1H3,(H,19,21)/t12?,14-,16+/m1/s1. The fourth-order valence-electron chi connectivity index (χ4n) is 3.46. The van der Waals surface area contributed by atoms with E-state index in [4.69, 9.17) is 10.5 Å². The highest BCUT2D eigenvalue weighted by atomic mass is 16.5. The van der Waals surface area contributed by atoms with E-state index in [1.807, 2.05) is 0 Å². The second-order valence-electron chi connectivity index (χ2n) is 6.23. The van der Waals surface area contributed by atoms with Crippen LogP contribution in [0.25, 0.3) is 0 Å². The molecule has 0 radical (unpaired) electrons. The second-order valence-corrected chi connectivity index (χ2v) is 6.23. The molecule has 120 valence electrons. The van der Waals surface area contributed by atoms with Crippen molar-refractivity contribution in [2.75, 3.05) is 24.5 Å². The van der Waals surface area contributed by atoms with Crippen molar-refractivity contribution in [3.8, 4) is 0 Å². The molecule has 1 unspecified atom stereocenters. The monoisotopic (exact) mass is 303 g/mol. The summed E-state index contributed by atoms with van der Waals surface area (Å²) in [4.78, 5) is 14.5. The summed E-state index contributed by atoms with van der Waals surface area (Å²) < 4.78 is 5.62. The molecule has 5 nitrogen and oxygen atoms in total. The Morgan fingerprint density at radius 1 is 1.41 bits per heavy atom. The lowest BCUT2D eigenvalue weighted by atomic mass is 10.1. The Balaban J connectivity index is 1.48. The number of amides is 1. The van der Waals surface area contributed by atoms with Crippen LogP contribution in [-0.2, 0) is 16.0 Å². The predicted octanol–water partition coefficient (Wildman–Crippen LogP) is 1.06. The molecule has 2 aliphatic rings. The van der Waals surface area contributed by atoms with E-state index in [2.05, 4.69) is 41.4 Å². The average molecular weight is 303 g/mol. The number of carbonyl (C=O) groups excluding carboxylic acids is 1. The fraction of sp³-hybridized carbons (Fsp3) is 0.588. The third-order valence-electron chi connectivity index (χ3n) is 4.66. The Morgan fingerprint density at radius 2 is 2.23 bits per heavy atom. The van der Waals surface area contributed by atoms with E-state index in [0.717, 1.165) is 25.8 Å². The van der Waals surface area contributed by atoms with Crippen LogP contribution < -0.4 is 16.0 Å². The van der Waals surface area contributed by atoms with Crippen LogP contribution in [0.1, 0.15) is 25.3 Å². The Hall–Kier alpha value is -1.59. The van der Waals surface area contributed by atoms with E-state index >= 15 is 0 Å². The van der Waals surface area contributed by atoms with Gasteiger partial charge in [0.15, 0.2) is 0 Å². The van der Waals surface area contributed by atoms with Crippen LogP contribution in [0.15, 0.2) is 24.3 Å². The van der Waals surface area contributed by atoms with E-state index < -0.39 is 0 Å². The first kappa shape index (κ1) is 15.3. The minimum Gasteiger partial charge on any atom is -0.367 e. The highest BCUT2D eigenvalue weighted by molar-refractivity contribution is 5.81. The first-order chi connectivity index (χ1) is 10.7. The molecule has 1 amide bonds. The summed E-state index contributed by atoms with van der Waals surface area (Å²) in [7, 11) is 0. The third kappa shape index (κ3) is 3.10. The molecule has 22 heavy (non-hydrogen) atoms. The summed E-state index contributed by atoms with van der Waals surface area (Å²) in [5.41, 5.74) is 8.27. The molecular weight excluding hydrogens is 278 g/mol. The van der Waals surface area contributed by atoms with Crippen LogP contribution in [0, 0.1) is 0 Å². The molecule has 3 N–H and O–H groups in total. The quantitative estimate of drug-likeness (QED) is 0.853. The molecule has 0 saturated carbocycles. The summed E-state index contributed by atoms with van der Waals surface area (Å²) in [6.45, 7) is 4.20. The lowest BCUT2D eigenvalue weighted by Crippen LogP contribution is -2.41. The first-order valence-electron chi connectivity index (χ1n) is 8.17. The van der Waals surface area contributed by atoms with Crippen molar-refractivity contribution in [2.45, 2.75) is 44.4 Å². The van der Waals surface area contributed by atoms with Gasteiger partial charge in [-0.1, -0.05) is 18.2 Å². The number of carbonyl (C=O) groups is 1. The topological polar surface area (TPSA) is 67.6 Å². The van der Waals surface area contributed by atoms with Crippen molar-refractivity contribution in [1.82, 2.24) is 5.32 Å². The summed E-state index contributed by atoms with van der Waals surface area (Å²) in [6.07, 6.45) is 2.45. The predicted molar refractivity (Wildman–Crippen MR) is 86.9 cm³/mol. The number of ether oxygens (including phenoxy) is 1. The molecule has 1 saturated heterocycles. The van der Waals surface area contributed by atoms with Crippen LogP contribution in [0.2, 0.25) is 0 Å². The molecule has 0 spiro atoms. The third-order valence-corrected chi connectivity index (χ3v) is 4.66. The maximum Gasteiger partial charge on any atom is 0.249 e. The highest BCUT2D eigenvalue weighted by Crippen LogP contribution is 2.31. The van der Waals surface area contributed by atoms with Crippen molar-refractivity contribution < 1.29 is 9.53 Å². The molecule has 3 atom stereocenters. The van der Waals surface area contributed by atoms with Gasteiger partial charge in [0.05, 0.1) is 6.10 Å². The van der Waals surface area contributed by atoms with Crippen LogP contribution >= 0.6 is 0 Å². The summed E-state index contributed by atoms with van der Waals surface area (Å²) in [5, 5.41) is 3.00. The number of nitrogens with zero attached hydrogens (tertiary/aromatic N) is 1. The van der Waals surface area contributed by atoms with Gasteiger partial charge in [-0.3, -0.25) is 4.79 Å². The van der Waals surface area contributed by atoms with E-state index in [-0.39, 0.29) is 18.1 Å². The van der Waals surface area contributed by atoms with E-state index in [9.17, 15) is 4.79 Å². The number of nitrogens with one attached hydrogen (secondary N) is 1. The Morgan fingerprint density at radius 3 is 3.00 bits per heavy atom. The van der Waals surface area contributed by atoms with Gasteiger partial charge < -0.3 is 20.7 Å². The maximum absolute atomic E-state index is 12.1. The smallest absolute Gasteiger partial charge is 0.249 e. The van der Waals surface area contributed by atoms with Crippen LogP contribution in [0.3, 0.4) is 0 Å². The van der Waals surface area contributed by atoms with Crippen molar-refractivity contribution in [2.24, 2.45) is 5.73 Å². The number of benzene rings is 1. The lowest BCUT2D eigenvalue weighted by Gasteiger charge is -2.25. The molecule has 0 aliphatic carbocycles. The van der Waals surface area contributed by atoms with Gasteiger partial charge in [0.25, 0.3) is 0 Å². The van der Waals surface area contributed by atoms with Gasteiger partial charge in [0, 0.05) is 31.4 Å². The summed E-state index contributed by atoms with van der Waals surface area (Å²) >= 11 is 0. The van der Waals surface area contributed by atoms with Crippen LogP contribution in [0.5, 0.6) is 0 Å². The Kier molecular flexibility index (Phi) is 4.64. The van der Waals surface area contributed by atoms with Gasteiger partial charge in [-0.25, -0.2) is 0 Å². The van der Waals surface area contributed by atoms with Crippen molar-refractivity contribution in [3.63, 3.8) is 0 Å². The largest absolute Gasteiger partial charge is 0.367 e. The number of rotatable bonds is 5. The normalized spacial score (nSPS) is 27.0. The molecule has 3 rings (SSSR count). The fourth-order valence-corrected chi connectivity index (χ4v) is 3.46. The summed E-state index contributed by atoms with van der Waals surface area (Å²) in [5.74, 6) is -0.00362. The van der Waals surface area contributed by atoms with Gasteiger partial charge in [-0.05, 0) is 37.8 Å². The molecule has 0 bridgehead atoms. The Bertz CT molecular complexity index is 534. The number of hydrogen-bond donors (Lipinski definition) is 2. The molecule has 2 heterocycles. The molecule has 1 aromatic rings. The summed E-state index contributed by atoms with van der Waals surface area (Å²) in [6, 6.07) is 8.99. The minimum absolute atomic E-state index is 0.00362. The molecule has 0 aromatic heterocycles. The van der Waals surface area contributed by atoms with E-state index in [1.165, 1.54) is 11.3 Å². The lowest BCUT2D eigenvalue weighted by molar-refractivity contribution is -0.131. The van der Waals surface area contributed by atoms with E-state index in [1.54, 1.807) is 0 Å². The number of anilines is 1. The number of fused-ring (bicyclic) bond motifs is 1. The molecule has 1 fully saturated rings. The number of para-hydroxylation sites is 1. The van der Waals surface area contributed by atoms with Gasteiger partial charge in [0.2, 0.25) is 5.91 Å². The number of hydrogen-bond acceptors (Lipinski definition) is 4. The Labute approximate surface area is 131 Å². The average Bonchev–Trinajstić information content (AvgIpc) is 3.12. The van der Waals surface area contributed by atoms with Crippen molar-refractivity contribution in [1.29, 1.82) is 0 Å². The van der Waals surface area contributed by atoms with Gasteiger partial charge in [-0.15, -0.1) is 0 Å². The number of nitrogens with two attached hydrogens (primary N) is 1. The van der Waals surface area contributed by atoms with Crippen LogP contribution in [0.4, 0.5) is 5.69 Å². The molecule has 5 heteroatoms. The van der Waals surface area contributed by atoms with E-state index in [0.29, 0.717) is 19.1 Å². The van der Waals surface area contributed by atoms with Crippen LogP contribution in [-0.4, -0.2) is 43.8 Å². The molecule has 1 aromatic carbocycles. The first-order valence-corrected chi connectivity index (χ1v) is 8.17. The highest BCUT2D eigenvalue weighted by Gasteiger charge is 2.30. The van der Waals surface area contributed by atoms with Gasteiger partial charge in [0.1, 0.15) is 6.10 Å². The second kappa shape index (κ2) is 6.67. The maximum atomic E-state index is 12.1. The zero-order valence-corrected chi connectivity index (χ0v) is 13.1. The SMILES string of the molecule is CC1Cc2ccccc2N1CCNC(=O)[C@@H]1CC[C@H](CN)O1. The van der Waals surface area contributed by atoms with Crippen molar-refractivity contribution in [3.05, 3.63) is 29.8 Å². The zero-order valence-electron chi connectivity index (χ0n) is 13.1. The zero-order chi connectivity index (χ0) is 15.5.